The Labute approximate surface area is 135 Å². The van der Waals surface area contributed by atoms with E-state index in [2.05, 4.69) is 5.32 Å². The third-order valence-corrected chi connectivity index (χ3v) is 5.13. The van der Waals surface area contributed by atoms with Crippen LogP contribution >= 0.6 is 0 Å². The molecule has 2 aliphatic rings. The number of urea groups is 1. The van der Waals surface area contributed by atoms with Gasteiger partial charge in [0.25, 0.3) is 0 Å². The first-order valence-electron chi connectivity index (χ1n) is 8.04. The van der Waals surface area contributed by atoms with Gasteiger partial charge in [0.1, 0.15) is 0 Å². The zero-order valence-corrected chi connectivity index (χ0v) is 13.1. The smallest absolute Gasteiger partial charge is 0.335 e. The summed E-state index contributed by atoms with van der Waals surface area (Å²) in [6.45, 7) is 2.29. The number of carbonyl (C=O) groups excluding carboxylic acids is 1. The van der Waals surface area contributed by atoms with E-state index in [9.17, 15) is 14.7 Å². The highest BCUT2D eigenvalue weighted by atomic mass is 16.4. The van der Waals surface area contributed by atoms with Gasteiger partial charge in [-0.3, -0.25) is 0 Å². The lowest BCUT2D eigenvalue weighted by molar-refractivity contribution is 0.00801. The molecule has 3 N–H and O–H groups in total. The fourth-order valence-electron chi connectivity index (χ4n) is 3.81. The second kappa shape index (κ2) is 6.20. The molecule has 1 aromatic carbocycles. The van der Waals surface area contributed by atoms with E-state index in [1.165, 1.54) is 6.07 Å². The lowest BCUT2D eigenvalue weighted by Crippen LogP contribution is -2.55. The predicted molar refractivity (Wildman–Crippen MR) is 84.1 cm³/mol. The molecule has 2 fully saturated rings. The Hall–Kier alpha value is -2.08. The van der Waals surface area contributed by atoms with Crippen LogP contribution in [0.2, 0.25) is 0 Å². The number of aromatic carboxylic acids is 1. The van der Waals surface area contributed by atoms with Crippen molar-refractivity contribution in [1.29, 1.82) is 0 Å². The molecule has 124 valence electrons. The summed E-state index contributed by atoms with van der Waals surface area (Å²) < 4.78 is 0. The Bertz CT molecular complexity index is 618. The summed E-state index contributed by atoms with van der Waals surface area (Å²) in [7, 11) is 0. The van der Waals surface area contributed by atoms with Gasteiger partial charge in [0.15, 0.2) is 0 Å². The van der Waals surface area contributed by atoms with Gasteiger partial charge in [0.05, 0.1) is 11.7 Å². The normalized spacial score (nSPS) is 29.4. The second-order valence-corrected chi connectivity index (χ2v) is 6.53. The first kappa shape index (κ1) is 15.8. The van der Waals surface area contributed by atoms with Crippen LogP contribution in [-0.4, -0.2) is 45.3 Å². The van der Waals surface area contributed by atoms with Crippen molar-refractivity contribution in [3.8, 4) is 0 Å². The standard InChI is InChI=1S/C17H22N2O4/c1-10-14-6-5-13(8-15(10)20)19(14)17(23)18-9-11-3-2-4-12(7-11)16(21)22/h2-4,7,10,13-15,20H,5-6,8-9H2,1H3,(H,18,23)(H,21,22). The van der Waals surface area contributed by atoms with E-state index < -0.39 is 5.97 Å². The van der Waals surface area contributed by atoms with Crippen molar-refractivity contribution in [1.82, 2.24) is 10.2 Å². The Morgan fingerprint density at radius 1 is 1.35 bits per heavy atom. The van der Waals surface area contributed by atoms with Crippen LogP contribution in [0.3, 0.4) is 0 Å². The number of carboxylic acid groups (broad SMARTS) is 1. The SMILES string of the molecule is CC1C(O)CC2CCC1N2C(=O)NCc1cccc(C(=O)O)c1. The van der Waals surface area contributed by atoms with Gasteiger partial charge >= 0.3 is 12.0 Å². The third-order valence-electron chi connectivity index (χ3n) is 5.13. The van der Waals surface area contributed by atoms with Gasteiger partial charge in [-0.05, 0) is 37.0 Å². The van der Waals surface area contributed by atoms with Crippen LogP contribution in [0, 0.1) is 5.92 Å². The molecule has 23 heavy (non-hydrogen) atoms. The zero-order chi connectivity index (χ0) is 16.6. The van der Waals surface area contributed by atoms with Gasteiger partial charge < -0.3 is 20.4 Å². The molecular weight excluding hydrogens is 296 g/mol. The molecule has 2 saturated heterocycles. The Kier molecular flexibility index (Phi) is 4.26. The van der Waals surface area contributed by atoms with E-state index >= 15 is 0 Å². The van der Waals surface area contributed by atoms with E-state index in [4.69, 9.17) is 5.11 Å². The molecule has 2 heterocycles. The minimum absolute atomic E-state index is 0.0918. The first-order valence-corrected chi connectivity index (χ1v) is 8.04. The highest BCUT2D eigenvalue weighted by molar-refractivity contribution is 5.87. The monoisotopic (exact) mass is 318 g/mol. The van der Waals surface area contributed by atoms with E-state index in [0.29, 0.717) is 13.0 Å². The Balaban J connectivity index is 1.64. The highest BCUT2D eigenvalue weighted by Crippen LogP contribution is 2.39. The molecule has 4 unspecified atom stereocenters. The minimum atomic E-state index is -0.977. The van der Waals surface area contributed by atoms with Crippen molar-refractivity contribution >= 4 is 12.0 Å². The fraction of sp³-hybridized carbons (Fsp3) is 0.529. The molecule has 6 nitrogen and oxygen atoms in total. The van der Waals surface area contributed by atoms with Crippen molar-refractivity contribution in [2.24, 2.45) is 5.92 Å². The number of carbonyl (C=O) groups is 2. The van der Waals surface area contributed by atoms with Crippen LogP contribution in [0.4, 0.5) is 4.79 Å². The minimum Gasteiger partial charge on any atom is -0.478 e. The molecule has 1 aromatic rings. The largest absolute Gasteiger partial charge is 0.478 e. The van der Waals surface area contributed by atoms with Crippen molar-refractivity contribution in [3.05, 3.63) is 35.4 Å². The molecule has 2 aliphatic heterocycles. The number of rotatable bonds is 3. The molecule has 0 saturated carbocycles. The Morgan fingerprint density at radius 3 is 2.87 bits per heavy atom. The van der Waals surface area contributed by atoms with Gasteiger partial charge in [-0.15, -0.1) is 0 Å². The van der Waals surface area contributed by atoms with Gasteiger partial charge in [-0.25, -0.2) is 9.59 Å². The Morgan fingerprint density at radius 2 is 2.13 bits per heavy atom. The summed E-state index contributed by atoms with van der Waals surface area (Å²) in [6.07, 6.45) is 2.18. The summed E-state index contributed by atoms with van der Waals surface area (Å²) in [4.78, 5) is 25.4. The number of aliphatic hydroxyl groups is 1. The molecule has 0 spiro atoms. The van der Waals surface area contributed by atoms with Gasteiger partial charge in [0.2, 0.25) is 0 Å². The molecule has 4 atom stereocenters. The summed E-state index contributed by atoms with van der Waals surface area (Å²) in [5.74, 6) is -0.884. The highest BCUT2D eigenvalue weighted by Gasteiger charge is 2.46. The molecule has 0 radical (unpaired) electrons. The van der Waals surface area contributed by atoms with Crippen LogP contribution in [0.25, 0.3) is 0 Å². The van der Waals surface area contributed by atoms with Gasteiger partial charge in [-0.2, -0.15) is 0 Å². The number of nitrogens with zero attached hydrogens (tertiary/aromatic N) is 1. The van der Waals surface area contributed by atoms with E-state index in [1.54, 1.807) is 18.2 Å². The van der Waals surface area contributed by atoms with E-state index in [0.717, 1.165) is 18.4 Å². The maximum absolute atomic E-state index is 12.5. The lowest BCUT2D eigenvalue weighted by atomic mass is 9.89. The van der Waals surface area contributed by atoms with Gasteiger partial charge in [0, 0.05) is 24.5 Å². The summed E-state index contributed by atoms with van der Waals surface area (Å²) in [5.41, 5.74) is 0.974. The number of aliphatic hydroxyl groups excluding tert-OH is 1. The predicted octanol–water partition coefficient (Wildman–Crippen LogP) is 1.83. The topological polar surface area (TPSA) is 89.9 Å². The van der Waals surface area contributed by atoms with Crippen molar-refractivity contribution < 1.29 is 19.8 Å². The maximum Gasteiger partial charge on any atom is 0.335 e. The average molecular weight is 318 g/mol. The average Bonchev–Trinajstić information content (AvgIpc) is 2.89. The number of benzene rings is 1. The van der Waals surface area contributed by atoms with Crippen molar-refractivity contribution in [2.75, 3.05) is 0 Å². The number of amides is 2. The quantitative estimate of drug-likeness (QED) is 0.793. The van der Waals surface area contributed by atoms with Crippen molar-refractivity contribution in [3.63, 3.8) is 0 Å². The summed E-state index contributed by atoms with van der Waals surface area (Å²) in [6, 6.07) is 6.64. The molecule has 3 rings (SSSR count). The molecule has 0 aromatic heterocycles. The van der Waals surface area contributed by atoms with Crippen LogP contribution in [-0.2, 0) is 6.54 Å². The number of carboxylic acids is 1. The lowest BCUT2D eigenvalue weighted by Gasteiger charge is -2.41. The fourth-order valence-corrected chi connectivity index (χ4v) is 3.81. The zero-order valence-electron chi connectivity index (χ0n) is 13.1. The molecule has 0 aliphatic carbocycles. The summed E-state index contributed by atoms with van der Waals surface area (Å²) >= 11 is 0. The number of nitrogens with one attached hydrogen (secondary N) is 1. The van der Waals surface area contributed by atoms with Crippen LogP contribution in [0.1, 0.15) is 42.1 Å². The number of fused-ring (bicyclic) bond motifs is 2. The molecular formula is C17H22N2O4. The van der Waals surface area contributed by atoms with Crippen LogP contribution < -0.4 is 5.32 Å². The summed E-state index contributed by atoms with van der Waals surface area (Å²) in [5, 5.41) is 21.9. The van der Waals surface area contributed by atoms with Crippen LogP contribution in [0.15, 0.2) is 24.3 Å². The second-order valence-electron chi connectivity index (χ2n) is 6.53. The first-order chi connectivity index (χ1) is 11.0. The number of hydrogen-bond acceptors (Lipinski definition) is 3. The molecule has 2 amide bonds. The maximum atomic E-state index is 12.5. The molecule has 6 heteroatoms. The van der Waals surface area contributed by atoms with Crippen LogP contribution in [0.5, 0.6) is 0 Å². The van der Waals surface area contributed by atoms with E-state index in [1.807, 2.05) is 11.8 Å². The number of piperidine rings is 1. The van der Waals surface area contributed by atoms with E-state index in [-0.39, 0.29) is 35.7 Å². The number of hydrogen-bond donors (Lipinski definition) is 3. The van der Waals surface area contributed by atoms with Crippen molar-refractivity contribution in [2.45, 2.75) is 50.9 Å². The van der Waals surface area contributed by atoms with Gasteiger partial charge in [-0.1, -0.05) is 19.1 Å². The third kappa shape index (κ3) is 3.03. The molecule has 2 bridgehead atoms.